The van der Waals surface area contributed by atoms with Gasteiger partial charge in [0.25, 0.3) is 0 Å². The van der Waals surface area contributed by atoms with Crippen LogP contribution in [0.5, 0.6) is 5.75 Å². The fourth-order valence-electron chi connectivity index (χ4n) is 2.61. The Morgan fingerprint density at radius 1 is 1.32 bits per heavy atom. The summed E-state index contributed by atoms with van der Waals surface area (Å²) in [5.74, 6) is 1.30. The predicted molar refractivity (Wildman–Crippen MR) is 111 cm³/mol. The van der Waals surface area contributed by atoms with Crippen molar-refractivity contribution in [3.63, 3.8) is 0 Å². The summed E-state index contributed by atoms with van der Waals surface area (Å²) in [6, 6.07) is 11.2. The van der Waals surface area contributed by atoms with Crippen molar-refractivity contribution in [2.45, 2.75) is 18.6 Å². The Balaban J connectivity index is 1.72. The third kappa shape index (κ3) is 4.58. The van der Waals surface area contributed by atoms with Gasteiger partial charge in [-0.05, 0) is 36.8 Å². The topological polar surface area (TPSA) is 81.9 Å². The maximum atomic E-state index is 12.4. The van der Waals surface area contributed by atoms with Gasteiger partial charge in [0.1, 0.15) is 11.4 Å². The molecule has 3 aromatic rings. The van der Waals surface area contributed by atoms with E-state index in [2.05, 4.69) is 27.1 Å². The van der Waals surface area contributed by atoms with Crippen LogP contribution in [0.2, 0.25) is 0 Å². The molecule has 0 unspecified atom stereocenters. The summed E-state index contributed by atoms with van der Waals surface area (Å²) >= 11 is 1.31. The lowest BCUT2D eigenvalue weighted by atomic mass is 10.2. The van der Waals surface area contributed by atoms with Gasteiger partial charge < -0.3 is 10.1 Å². The molecule has 0 saturated carbocycles. The number of aryl methyl sites for hydroxylation is 1. The van der Waals surface area contributed by atoms with Crippen LogP contribution in [0.4, 0.5) is 5.69 Å². The van der Waals surface area contributed by atoms with E-state index in [-0.39, 0.29) is 11.7 Å². The summed E-state index contributed by atoms with van der Waals surface area (Å²) in [6.45, 7) is 6.27. The van der Waals surface area contributed by atoms with Gasteiger partial charge in [0.05, 0.1) is 18.6 Å². The molecule has 144 valence electrons. The number of anilines is 1. The fraction of sp³-hybridized carbons (Fsp3) is 0.200. The Labute approximate surface area is 167 Å². The van der Waals surface area contributed by atoms with Crippen molar-refractivity contribution in [3.8, 4) is 17.3 Å². The third-order valence-corrected chi connectivity index (χ3v) is 4.85. The number of carbonyl (C=O) groups is 1. The van der Waals surface area contributed by atoms with Gasteiger partial charge in [-0.25, -0.2) is 0 Å². The van der Waals surface area contributed by atoms with Crippen molar-refractivity contribution in [1.82, 2.24) is 19.7 Å². The summed E-state index contributed by atoms with van der Waals surface area (Å²) in [7, 11) is 1.58. The number of amides is 1. The molecule has 0 fully saturated rings. The minimum Gasteiger partial charge on any atom is -0.495 e. The molecule has 1 N–H and O–H groups in total. The second-order valence-electron chi connectivity index (χ2n) is 5.96. The second-order valence-corrected chi connectivity index (χ2v) is 6.90. The molecule has 2 heterocycles. The van der Waals surface area contributed by atoms with Crippen molar-refractivity contribution in [1.29, 1.82) is 0 Å². The Bertz CT molecular complexity index is 972. The molecule has 0 radical (unpaired) electrons. The summed E-state index contributed by atoms with van der Waals surface area (Å²) < 4.78 is 7.19. The number of nitrogens with one attached hydrogen (secondary N) is 1. The number of thioether (sulfide) groups is 1. The summed E-state index contributed by atoms with van der Waals surface area (Å²) in [5, 5.41) is 12.0. The van der Waals surface area contributed by atoms with Gasteiger partial charge in [0.2, 0.25) is 5.91 Å². The first-order valence-corrected chi connectivity index (χ1v) is 9.63. The maximum absolute atomic E-state index is 12.4. The number of rotatable bonds is 8. The molecule has 0 atom stereocenters. The summed E-state index contributed by atoms with van der Waals surface area (Å²) in [4.78, 5) is 16.8. The molecule has 0 bridgehead atoms. The van der Waals surface area contributed by atoms with E-state index in [1.807, 2.05) is 47.9 Å². The van der Waals surface area contributed by atoms with Gasteiger partial charge in [-0.1, -0.05) is 30.0 Å². The average Bonchev–Trinajstić information content (AvgIpc) is 3.10. The van der Waals surface area contributed by atoms with E-state index in [1.165, 1.54) is 11.8 Å². The zero-order valence-electron chi connectivity index (χ0n) is 15.8. The number of hydrogen-bond donors (Lipinski definition) is 1. The van der Waals surface area contributed by atoms with Gasteiger partial charge in [0.15, 0.2) is 11.0 Å². The van der Waals surface area contributed by atoms with Gasteiger partial charge in [-0.2, -0.15) is 0 Å². The lowest BCUT2D eigenvalue weighted by Crippen LogP contribution is -2.15. The number of carbonyl (C=O) groups excluding carboxylic acids is 1. The highest BCUT2D eigenvalue weighted by molar-refractivity contribution is 7.99. The van der Waals surface area contributed by atoms with Gasteiger partial charge in [-0.3, -0.25) is 14.3 Å². The largest absolute Gasteiger partial charge is 0.495 e. The highest BCUT2D eigenvalue weighted by Gasteiger charge is 2.16. The average molecular weight is 395 g/mol. The molecule has 2 aromatic heterocycles. The van der Waals surface area contributed by atoms with Crippen molar-refractivity contribution in [2.24, 2.45) is 0 Å². The molecule has 0 aliphatic carbocycles. The van der Waals surface area contributed by atoms with Crippen molar-refractivity contribution in [3.05, 3.63) is 60.8 Å². The van der Waals surface area contributed by atoms with Crippen LogP contribution in [0.15, 0.2) is 60.4 Å². The van der Waals surface area contributed by atoms with Gasteiger partial charge in [-0.15, -0.1) is 16.8 Å². The van der Waals surface area contributed by atoms with Crippen molar-refractivity contribution >= 4 is 23.4 Å². The highest BCUT2D eigenvalue weighted by atomic mass is 32.2. The molecule has 0 saturated heterocycles. The Hall–Kier alpha value is -3.13. The highest BCUT2D eigenvalue weighted by Crippen LogP contribution is 2.26. The number of hydrogen-bond acceptors (Lipinski definition) is 6. The molecule has 0 aliphatic heterocycles. The molecule has 8 heteroatoms. The number of methoxy groups -OCH3 is 1. The lowest BCUT2D eigenvalue weighted by molar-refractivity contribution is -0.113. The SMILES string of the molecule is C=CCn1c(SCC(=O)Nc2cc(C)ccc2OC)nnc1-c1ccccn1. The Morgan fingerprint density at radius 2 is 2.18 bits per heavy atom. The smallest absolute Gasteiger partial charge is 0.234 e. The van der Waals surface area contributed by atoms with Crippen LogP contribution in [-0.4, -0.2) is 38.5 Å². The Morgan fingerprint density at radius 3 is 2.89 bits per heavy atom. The first-order chi connectivity index (χ1) is 13.6. The zero-order valence-corrected chi connectivity index (χ0v) is 16.6. The number of aromatic nitrogens is 4. The fourth-order valence-corrected chi connectivity index (χ4v) is 3.36. The minimum absolute atomic E-state index is 0.151. The van der Waals surface area contributed by atoms with Crippen LogP contribution >= 0.6 is 11.8 Å². The van der Waals surface area contributed by atoms with E-state index in [4.69, 9.17) is 4.74 Å². The second kappa shape index (κ2) is 9.18. The molecule has 3 rings (SSSR count). The molecule has 1 amide bonds. The molecule has 7 nitrogen and oxygen atoms in total. The first kappa shape index (κ1) is 19.6. The predicted octanol–water partition coefficient (Wildman–Crippen LogP) is 3.57. The van der Waals surface area contributed by atoms with Crippen LogP contribution in [0.25, 0.3) is 11.5 Å². The minimum atomic E-state index is -0.151. The van der Waals surface area contributed by atoms with Gasteiger partial charge >= 0.3 is 0 Å². The van der Waals surface area contributed by atoms with Crippen LogP contribution in [-0.2, 0) is 11.3 Å². The van der Waals surface area contributed by atoms with Crippen molar-refractivity contribution < 1.29 is 9.53 Å². The van der Waals surface area contributed by atoms with Crippen LogP contribution in [0.1, 0.15) is 5.56 Å². The molecular formula is C20H21N5O2S. The van der Waals surface area contributed by atoms with Crippen molar-refractivity contribution in [2.75, 3.05) is 18.2 Å². The molecule has 0 aliphatic rings. The maximum Gasteiger partial charge on any atom is 0.234 e. The zero-order chi connectivity index (χ0) is 19.9. The van der Waals surface area contributed by atoms with Crippen LogP contribution < -0.4 is 10.1 Å². The monoisotopic (exact) mass is 395 g/mol. The molecule has 1 aromatic carbocycles. The first-order valence-electron chi connectivity index (χ1n) is 8.65. The lowest BCUT2D eigenvalue weighted by Gasteiger charge is -2.11. The molecule has 0 spiro atoms. The van der Waals surface area contributed by atoms with E-state index in [0.717, 1.165) is 11.3 Å². The molecular weight excluding hydrogens is 374 g/mol. The normalized spacial score (nSPS) is 10.5. The number of nitrogens with zero attached hydrogens (tertiary/aromatic N) is 4. The summed E-state index contributed by atoms with van der Waals surface area (Å²) in [5.41, 5.74) is 2.40. The van der Waals surface area contributed by atoms with E-state index in [9.17, 15) is 4.79 Å². The van der Waals surface area contributed by atoms with E-state index >= 15 is 0 Å². The number of ether oxygens (including phenoxy) is 1. The van der Waals surface area contributed by atoms with Gasteiger partial charge in [0, 0.05) is 12.7 Å². The van der Waals surface area contributed by atoms with E-state index < -0.39 is 0 Å². The number of benzene rings is 1. The number of pyridine rings is 1. The van der Waals surface area contributed by atoms with E-state index in [1.54, 1.807) is 19.4 Å². The number of allylic oxidation sites excluding steroid dienone is 1. The van der Waals surface area contributed by atoms with Crippen LogP contribution in [0.3, 0.4) is 0 Å². The molecule has 28 heavy (non-hydrogen) atoms. The Kier molecular flexibility index (Phi) is 6.44. The van der Waals surface area contributed by atoms with Crippen LogP contribution in [0, 0.1) is 6.92 Å². The standard InChI is InChI=1S/C20H21N5O2S/c1-4-11-25-19(15-7-5-6-10-21-15)23-24-20(25)28-13-18(26)22-16-12-14(2)8-9-17(16)27-3/h4-10,12H,1,11,13H2,2-3H3,(H,22,26). The van der Waals surface area contributed by atoms with E-state index in [0.29, 0.717) is 29.0 Å². The quantitative estimate of drug-likeness (QED) is 0.464. The third-order valence-electron chi connectivity index (χ3n) is 3.88. The summed E-state index contributed by atoms with van der Waals surface area (Å²) in [6.07, 6.45) is 3.47.